The van der Waals surface area contributed by atoms with Gasteiger partial charge in [0, 0.05) is 5.41 Å². The van der Waals surface area contributed by atoms with Gasteiger partial charge in [0.2, 0.25) is 0 Å². The lowest BCUT2D eigenvalue weighted by atomic mass is 9.91. The van der Waals surface area contributed by atoms with E-state index < -0.39 is 0 Å². The van der Waals surface area contributed by atoms with Gasteiger partial charge in [-0.2, -0.15) is 5.26 Å². The van der Waals surface area contributed by atoms with Crippen LogP contribution in [0.15, 0.2) is 6.07 Å². The standard InChI is InChI=1S/C14H15NO2S/c1-10-9-11(18-12(10)13(16)17-4)5-6-14(2,3)7-8-15/h9H,7H2,1-4H3. The van der Waals surface area contributed by atoms with Crippen LogP contribution in [0.4, 0.5) is 0 Å². The summed E-state index contributed by atoms with van der Waals surface area (Å²) in [4.78, 5) is 12.8. The van der Waals surface area contributed by atoms with E-state index in [9.17, 15) is 4.79 Å². The molecule has 1 heterocycles. The summed E-state index contributed by atoms with van der Waals surface area (Å²) in [6.07, 6.45) is 0.383. The second kappa shape index (κ2) is 5.71. The van der Waals surface area contributed by atoms with Crippen molar-refractivity contribution in [1.82, 2.24) is 0 Å². The Bertz CT molecular complexity index is 553. The number of hydrogen-bond donors (Lipinski definition) is 0. The summed E-state index contributed by atoms with van der Waals surface area (Å²) < 4.78 is 4.69. The molecular formula is C14H15NO2S. The first-order valence-corrected chi connectivity index (χ1v) is 6.30. The number of nitrogens with zero attached hydrogens (tertiary/aromatic N) is 1. The average molecular weight is 261 g/mol. The fourth-order valence-corrected chi connectivity index (χ4v) is 2.26. The molecule has 0 saturated heterocycles. The van der Waals surface area contributed by atoms with Gasteiger partial charge < -0.3 is 4.74 Å². The quantitative estimate of drug-likeness (QED) is 0.607. The number of carbonyl (C=O) groups is 1. The van der Waals surface area contributed by atoms with Crippen molar-refractivity contribution >= 4 is 17.3 Å². The minimum Gasteiger partial charge on any atom is -0.465 e. The maximum atomic E-state index is 11.4. The van der Waals surface area contributed by atoms with E-state index >= 15 is 0 Å². The predicted molar refractivity (Wildman–Crippen MR) is 71.3 cm³/mol. The summed E-state index contributed by atoms with van der Waals surface area (Å²) >= 11 is 1.32. The summed E-state index contributed by atoms with van der Waals surface area (Å²) in [5.41, 5.74) is 0.534. The van der Waals surface area contributed by atoms with Crippen molar-refractivity contribution in [2.24, 2.45) is 5.41 Å². The van der Waals surface area contributed by atoms with Gasteiger partial charge in [-0.3, -0.25) is 0 Å². The van der Waals surface area contributed by atoms with Gasteiger partial charge in [0.25, 0.3) is 0 Å². The predicted octanol–water partition coefficient (Wildman–Crippen LogP) is 3.13. The molecule has 0 fully saturated rings. The van der Waals surface area contributed by atoms with E-state index in [-0.39, 0.29) is 11.4 Å². The Labute approximate surface area is 111 Å². The van der Waals surface area contributed by atoms with E-state index in [2.05, 4.69) is 17.9 Å². The third kappa shape index (κ3) is 3.61. The summed E-state index contributed by atoms with van der Waals surface area (Å²) in [6, 6.07) is 3.98. The molecule has 1 aromatic heterocycles. The van der Waals surface area contributed by atoms with Crippen LogP contribution >= 0.6 is 11.3 Å². The Kier molecular flexibility index (Phi) is 4.53. The summed E-state index contributed by atoms with van der Waals surface area (Å²) in [6.45, 7) is 5.70. The molecule has 0 N–H and O–H groups in total. The molecule has 0 aliphatic carbocycles. The van der Waals surface area contributed by atoms with Crippen LogP contribution in [0.2, 0.25) is 0 Å². The number of rotatable bonds is 2. The van der Waals surface area contributed by atoms with Crippen LogP contribution in [0.1, 0.15) is 40.4 Å². The van der Waals surface area contributed by atoms with Crippen LogP contribution in [-0.4, -0.2) is 13.1 Å². The molecular weight excluding hydrogens is 246 g/mol. The molecule has 94 valence electrons. The summed E-state index contributed by atoms with van der Waals surface area (Å²) in [5.74, 6) is 5.75. The zero-order valence-electron chi connectivity index (χ0n) is 11.0. The minimum absolute atomic E-state index is 0.332. The first-order chi connectivity index (χ1) is 8.39. The molecule has 18 heavy (non-hydrogen) atoms. The number of ether oxygens (including phenoxy) is 1. The number of carbonyl (C=O) groups excluding carboxylic acids is 1. The number of hydrogen-bond acceptors (Lipinski definition) is 4. The van der Waals surface area contributed by atoms with Crippen LogP contribution in [0.25, 0.3) is 0 Å². The first-order valence-electron chi connectivity index (χ1n) is 5.48. The maximum absolute atomic E-state index is 11.4. The highest BCUT2D eigenvalue weighted by atomic mass is 32.1. The smallest absolute Gasteiger partial charge is 0.348 e. The van der Waals surface area contributed by atoms with Crippen LogP contribution < -0.4 is 0 Å². The van der Waals surface area contributed by atoms with E-state index in [1.54, 1.807) is 0 Å². The summed E-state index contributed by atoms with van der Waals surface area (Å²) in [7, 11) is 1.36. The van der Waals surface area contributed by atoms with Crippen LogP contribution in [0.5, 0.6) is 0 Å². The number of nitriles is 1. The van der Waals surface area contributed by atoms with Gasteiger partial charge in [-0.15, -0.1) is 11.3 Å². The number of esters is 1. The molecule has 0 amide bonds. The van der Waals surface area contributed by atoms with Gasteiger partial charge in [-0.25, -0.2) is 4.79 Å². The first kappa shape index (κ1) is 14.3. The van der Waals surface area contributed by atoms with Crippen molar-refractivity contribution in [3.05, 3.63) is 21.4 Å². The molecule has 0 saturated carbocycles. The molecule has 0 radical (unpaired) electrons. The fourth-order valence-electron chi connectivity index (χ4n) is 1.31. The molecule has 1 rings (SSSR count). The second-order valence-electron chi connectivity index (χ2n) is 4.58. The number of thiophene rings is 1. The Balaban J connectivity index is 2.98. The topological polar surface area (TPSA) is 50.1 Å². The highest BCUT2D eigenvalue weighted by molar-refractivity contribution is 7.14. The third-order valence-electron chi connectivity index (χ3n) is 2.33. The van der Waals surface area contributed by atoms with Gasteiger partial charge in [-0.1, -0.05) is 11.8 Å². The maximum Gasteiger partial charge on any atom is 0.348 e. The lowest BCUT2D eigenvalue weighted by Gasteiger charge is -2.10. The van der Waals surface area contributed by atoms with E-state index in [1.165, 1.54) is 18.4 Å². The summed E-state index contributed by atoms with van der Waals surface area (Å²) in [5, 5.41) is 8.68. The van der Waals surface area contributed by atoms with Gasteiger partial charge in [-0.05, 0) is 32.4 Å². The molecule has 0 aliphatic rings. The molecule has 0 aliphatic heterocycles. The largest absolute Gasteiger partial charge is 0.465 e. The zero-order valence-corrected chi connectivity index (χ0v) is 11.8. The third-order valence-corrected chi connectivity index (χ3v) is 3.47. The lowest BCUT2D eigenvalue weighted by molar-refractivity contribution is 0.0605. The normalized spacial score (nSPS) is 10.2. The van der Waals surface area contributed by atoms with Crippen LogP contribution in [0.3, 0.4) is 0 Å². The Morgan fingerprint density at radius 1 is 1.56 bits per heavy atom. The monoisotopic (exact) mass is 261 g/mol. The van der Waals surface area contributed by atoms with Crippen molar-refractivity contribution in [2.45, 2.75) is 27.2 Å². The molecule has 0 aromatic carbocycles. The van der Waals surface area contributed by atoms with Crippen molar-refractivity contribution in [3.8, 4) is 17.9 Å². The minimum atomic E-state index is -0.335. The second-order valence-corrected chi connectivity index (χ2v) is 5.64. The van der Waals surface area contributed by atoms with Gasteiger partial charge in [0.1, 0.15) is 4.88 Å². The highest BCUT2D eigenvalue weighted by Crippen LogP contribution is 2.23. The number of aryl methyl sites for hydroxylation is 1. The SMILES string of the molecule is COC(=O)c1sc(C#CC(C)(C)CC#N)cc1C. The molecule has 3 nitrogen and oxygen atoms in total. The van der Waals surface area contributed by atoms with E-state index in [4.69, 9.17) is 10.00 Å². The zero-order chi connectivity index (χ0) is 13.8. The van der Waals surface area contributed by atoms with E-state index in [0.717, 1.165) is 10.4 Å². The van der Waals surface area contributed by atoms with E-state index in [1.807, 2.05) is 26.8 Å². The molecule has 0 bridgehead atoms. The molecule has 1 aromatic rings. The molecule has 4 heteroatoms. The molecule has 0 unspecified atom stereocenters. The van der Waals surface area contributed by atoms with Crippen molar-refractivity contribution in [1.29, 1.82) is 5.26 Å². The Morgan fingerprint density at radius 2 is 2.22 bits per heavy atom. The Hall–Kier alpha value is -1.78. The van der Waals surface area contributed by atoms with Gasteiger partial charge >= 0.3 is 5.97 Å². The van der Waals surface area contributed by atoms with Gasteiger partial charge in [0.15, 0.2) is 0 Å². The fraction of sp³-hybridized carbons (Fsp3) is 0.429. The van der Waals surface area contributed by atoms with Crippen molar-refractivity contribution in [2.75, 3.05) is 7.11 Å². The Morgan fingerprint density at radius 3 is 2.78 bits per heavy atom. The van der Waals surface area contributed by atoms with Crippen molar-refractivity contribution < 1.29 is 9.53 Å². The van der Waals surface area contributed by atoms with Crippen LogP contribution in [-0.2, 0) is 4.74 Å². The molecule has 0 spiro atoms. The highest BCUT2D eigenvalue weighted by Gasteiger charge is 2.15. The van der Waals surface area contributed by atoms with Gasteiger partial charge in [0.05, 0.1) is 24.5 Å². The lowest BCUT2D eigenvalue weighted by Crippen LogP contribution is -2.05. The number of methoxy groups -OCH3 is 1. The average Bonchev–Trinajstić information content (AvgIpc) is 2.67. The molecule has 0 atom stereocenters. The van der Waals surface area contributed by atoms with Crippen LogP contribution in [0, 0.1) is 35.5 Å². The van der Waals surface area contributed by atoms with E-state index in [0.29, 0.717) is 11.3 Å². The van der Waals surface area contributed by atoms with Crippen molar-refractivity contribution in [3.63, 3.8) is 0 Å².